The number of aromatic nitrogens is 1. The van der Waals surface area contributed by atoms with Crippen molar-refractivity contribution in [2.45, 2.75) is 31.8 Å². The van der Waals surface area contributed by atoms with Crippen LogP contribution in [-0.4, -0.2) is 12.2 Å². The van der Waals surface area contributed by atoms with E-state index in [9.17, 15) is 52.7 Å². The third kappa shape index (κ3) is 6.37. The molecule has 1 aliphatic carbocycles. The van der Waals surface area contributed by atoms with Gasteiger partial charge < -0.3 is 0 Å². The number of hydrogen-bond acceptors (Lipinski definition) is 2. The van der Waals surface area contributed by atoms with Crippen molar-refractivity contribution in [2.75, 3.05) is 0 Å². The van der Waals surface area contributed by atoms with E-state index in [0.717, 1.165) is 0 Å². The molecule has 5 aromatic rings. The number of thiazole rings is 1. The molecule has 0 spiro atoms. The van der Waals surface area contributed by atoms with Gasteiger partial charge in [-0.15, -0.1) is 21.9 Å². The fourth-order valence-electron chi connectivity index (χ4n) is 6.33. The van der Waals surface area contributed by atoms with Gasteiger partial charge in [0, 0.05) is 4.73 Å². The van der Waals surface area contributed by atoms with E-state index in [2.05, 4.69) is 0 Å². The Labute approximate surface area is 302 Å². The Bertz CT molecular complexity index is 1990. The van der Waals surface area contributed by atoms with E-state index in [1.54, 1.807) is 11.3 Å². The second-order valence-electron chi connectivity index (χ2n) is 11.7. The summed E-state index contributed by atoms with van der Waals surface area (Å²) in [7, 11) is 0. The molecule has 2 nitrogen and oxygen atoms in total. The Morgan fingerprint density at radius 2 is 0.625 bits per heavy atom. The zero-order valence-electron chi connectivity index (χ0n) is 26.5. The highest BCUT2D eigenvalue weighted by atomic mass is 32.1. The molecule has 6 rings (SSSR count). The molecule has 24 heteroatoms. The molecule has 1 fully saturated rings. The maximum Gasteiger partial charge on any atom is 0.276 e. The highest BCUT2D eigenvalue weighted by Gasteiger charge is 2.52. The number of nitrogens with zero attached hydrogens (tertiary/aromatic N) is 1. The average molecular weight is 849 g/mol. The molecule has 300 valence electrons. The van der Waals surface area contributed by atoms with Gasteiger partial charge in [0.15, 0.2) is 75.9 Å². The van der Waals surface area contributed by atoms with Crippen molar-refractivity contribution in [2.24, 2.45) is 0 Å². The molecular formula is C32H12BF20NOS. The van der Waals surface area contributed by atoms with Crippen LogP contribution in [-0.2, 0) is 0 Å². The van der Waals surface area contributed by atoms with Gasteiger partial charge in [-0.2, -0.15) is 0 Å². The lowest BCUT2D eigenvalue weighted by atomic mass is 9.12. The number of hydrogen-bond donors (Lipinski definition) is 0. The lowest BCUT2D eigenvalue weighted by Gasteiger charge is -2.44. The minimum atomic E-state index is -7.22. The average Bonchev–Trinajstić information content (AvgIpc) is 3.90. The first kappa shape index (κ1) is 42.1. The van der Waals surface area contributed by atoms with Gasteiger partial charge >= 0.3 is 0 Å². The molecular weight excluding hydrogens is 837 g/mol. The van der Waals surface area contributed by atoms with Gasteiger partial charge in [-0.1, -0.05) is 11.3 Å². The minimum absolute atomic E-state index is 0.467. The van der Waals surface area contributed by atoms with Gasteiger partial charge in [-0.3, -0.25) is 4.84 Å². The Morgan fingerprint density at radius 1 is 0.393 bits per heavy atom. The molecule has 0 aliphatic heterocycles. The van der Waals surface area contributed by atoms with E-state index in [0.29, 0.717) is 6.10 Å². The van der Waals surface area contributed by atoms with E-state index in [1.165, 1.54) is 25.7 Å². The third-order valence-corrected chi connectivity index (χ3v) is 9.34. The van der Waals surface area contributed by atoms with Crippen LogP contribution >= 0.6 is 11.3 Å². The Kier molecular flexibility index (Phi) is 11.6. The second-order valence-corrected chi connectivity index (χ2v) is 12.5. The van der Waals surface area contributed by atoms with Crippen LogP contribution in [0.4, 0.5) is 87.8 Å². The third-order valence-electron chi connectivity index (χ3n) is 8.73. The molecule has 0 unspecified atom stereocenters. The van der Waals surface area contributed by atoms with Crippen LogP contribution in [0.1, 0.15) is 25.7 Å². The van der Waals surface area contributed by atoms with Crippen LogP contribution in [0.25, 0.3) is 0 Å². The smallest absolute Gasteiger partial charge is 0.267 e. The molecule has 1 heterocycles. The van der Waals surface area contributed by atoms with Crippen LogP contribution in [0, 0.1) is 116 Å². The molecule has 1 aromatic heterocycles. The molecule has 1 aliphatic rings. The van der Waals surface area contributed by atoms with Crippen molar-refractivity contribution in [3.63, 3.8) is 0 Å². The van der Waals surface area contributed by atoms with Crippen LogP contribution in [0.2, 0.25) is 0 Å². The predicted octanol–water partition coefficient (Wildman–Crippen LogP) is 7.25. The summed E-state index contributed by atoms with van der Waals surface area (Å²) in [5.74, 6) is -71.4. The molecule has 4 aromatic carbocycles. The first-order valence-electron chi connectivity index (χ1n) is 15.0. The van der Waals surface area contributed by atoms with Crippen LogP contribution in [0.15, 0.2) is 17.1 Å². The molecule has 0 atom stereocenters. The van der Waals surface area contributed by atoms with Gasteiger partial charge in [0.05, 0.1) is 5.38 Å². The zero-order valence-corrected chi connectivity index (χ0v) is 27.4. The molecule has 0 radical (unpaired) electrons. The largest absolute Gasteiger partial charge is 0.276 e. The Hall–Kier alpha value is -5.03. The summed E-state index contributed by atoms with van der Waals surface area (Å²) in [6.07, 6.45) is 0.319. The second kappa shape index (κ2) is 15.5. The monoisotopic (exact) mass is 849 g/mol. The van der Waals surface area contributed by atoms with Crippen molar-refractivity contribution < 1.29 is 97.4 Å². The quantitative estimate of drug-likeness (QED) is 0.0578. The van der Waals surface area contributed by atoms with Gasteiger partial charge in [0.1, 0.15) is 52.7 Å². The molecule has 0 N–H and O–H groups in total. The van der Waals surface area contributed by atoms with Crippen molar-refractivity contribution in [1.82, 2.24) is 0 Å². The summed E-state index contributed by atoms with van der Waals surface area (Å²) in [5, 5.41) is 2.02. The maximum atomic E-state index is 15.4. The highest BCUT2D eigenvalue weighted by molar-refractivity contribution is 7.20. The van der Waals surface area contributed by atoms with Crippen LogP contribution < -0.4 is 31.4 Å². The van der Waals surface area contributed by atoms with Gasteiger partial charge in [-0.25, -0.2) is 87.8 Å². The molecule has 1 saturated carbocycles. The topological polar surface area (TPSA) is 13.1 Å². The van der Waals surface area contributed by atoms with E-state index < -0.39 is 144 Å². The van der Waals surface area contributed by atoms with Crippen molar-refractivity contribution >= 4 is 39.3 Å². The van der Waals surface area contributed by atoms with E-state index in [-0.39, 0.29) is 0 Å². The van der Waals surface area contributed by atoms with Gasteiger partial charge in [-0.05, 0) is 25.7 Å². The van der Waals surface area contributed by atoms with E-state index >= 15 is 35.1 Å². The zero-order chi connectivity index (χ0) is 41.9. The normalized spacial score (nSPS) is 13.4. The first-order valence-corrected chi connectivity index (χ1v) is 15.9. The predicted molar refractivity (Wildman–Crippen MR) is 153 cm³/mol. The van der Waals surface area contributed by atoms with Crippen LogP contribution in [0.5, 0.6) is 0 Å². The molecule has 56 heavy (non-hydrogen) atoms. The van der Waals surface area contributed by atoms with E-state index in [4.69, 9.17) is 4.84 Å². The van der Waals surface area contributed by atoms with Crippen molar-refractivity contribution in [3.8, 4) is 0 Å². The van der Waals surface area contributed by atoms with Crippen molar-refractivity contribution in [1.29, 1.82) is 0 Å². The highest BCUT2D eigenvalue weighted by Crippen LogP contribution is 2.30. The summed E-state index contributed by atoms with van der Waals surface area (Å²) < 4.78 is 296. The fraction of sp³-hybridized carbons (Fsp3) is 0.156. The Balaban J connectivity index is 0.000000463. The summed E-state index contributed by atoms with van der Waals surface area (Å²) >= 11 is 1.66. The Morgan fingerprint density at radius 3 is 0.839 bits per heavy atom. The lowest BCUT2D eigenvalue weighted by Crippen LogP contribution is -2.81. The number of benzene rings is 4. The van der Waals surface area contributed by atoms with E-state index in [1.807, 2.05) is 21.8 Å². The van der Waals surface area contributed by atoms with Gasteiger partial charge in [0.2, 0.25) is 6.20 Å². The number of rotatable bonds is 6. The maximum absolute atomic E-state index is 15.4. The minimum Gasteiger partial charge on any atom is -0.267 e. The summed E-state index contributed by atoms with van der Waals surface area (Å²) in [5.41, 5.74) is -12.3. The summed E-state index contributed by atoms with van der Waals surface area (Å²) in [6, 6.07) is 0. The molecule has 0 bridgehead atoms. The summed E-state index contributed by atoms with van der Waals surface area (Å²) in [6.45, 7) is 0. The van der Waals surface area contributed by atoms with Gasteiger partial charge in [0.25, 0.3) is 5.51 Å². The number of halogens is 20. The first-order chi connectivity index (χ1) is 26.2. The standard InChI is InChI=1S/C24BF20.C8H12NOS/c26-5-1(6(27)14(35)21(42)13(5)34)25(2-7(28)15(36)22(43)16(37)8(2)29,3-9(30)17(38)23(44)18(39)10(3)31)4-11(32)19(40)24(45)20(41)12(4)33;1-2-4-8(3-1)10-9-5-6-11-7-9/h;5-8H,1-4H2/q-1;+1. The lowest BCUT2D eigenvalue weighted by molar-refractivity contribution is -0.895. The SMILES string of the molecule is Fc1c(F)c(F)c([B-](c2c(F)c(F)c(F)c(F)c2F)(c2c(F)c(F)c(F)c(F)c2F)c2c(F)c(F)c(F)c(F)c2F)c(F)c1F.c1c[n+](OC2CCCC2)cs1. The van der Waals surface area contributed by atoms with Crippen molar-refractivity contribution in [3.05, 3.63) is 133 Å². The van der Waals surface area contributed by atoms with Crippen LogP contribution in [0.3, 0.4) is 0 Å². The molecule has 0 amide bonds. The summed E-state index contributed by atoms with van der Waals surface area (Å²) in [4.78, 5) is 5.64. The fourth-order valence-corrected chi connectivity index (χ4v) is 6.83. The molecule has 0 saturated heterocycles.